The summed E-state index contributed by atoms with van der Waals surface area (Å²) < 4.78 is 11.4. The first-order valence-corrected chi connectivity index (χ1v) is 11.2. The van der Waals surface area contributed by atoms with Crippen LogP contribution >= 0.6 is 11.3 Å². The zero-order chi connectivity index (χ0) is 21.6. The van der Waals surface area contributed by atoms with Crippen LogP contribution in [0.5, 0.6) is 11.5 Å². The third-order valence-corrected chi connectivity index (χ3v) is 5.83. The molecule has 3 aromatic rings. The van der Waals surface area contributed by atoms with E-state index in [9.17, 15) is 9.90 Å². The monoisotopic (exact) mass is 438 g/mol. The first-order chi connectivity index (χ1) is 15.1. The Morgan fingerprint density at radius 3 is 2.52 bits per heavy atom. The molecule has 6 nitrogen and oxygen atoms in total. The second-order valence-electron chi connectivity index (χ2n) is 7.45. The van der Waals surface area contributed by atoms with Crippen LogP contribution in [0.15, 0.2) is 66.0 Å². The van der Waals surface area contributed by atoms with Crippen molar-refractivity contribution in [2.75, 3.05) is 36.1 Å². The number of fused-ring (bicyclic) bond motifs is 1. The van der Waals surface area contributed by atoms with Crippen LogP contribution in [0.3, 0.4) is 0 Å². The van der Waals surface area contributed by atoms with Gasteiger partial charge < -0.3 is 24.4 Å². The molecule has 1 unspecified atom stereocenters. The normalized spacial score (nSPS) is 13.5. The standard InChI is InChI=1S/C24H26N2O4S/c1-18(27)15-25(19-6-3-2-4-7-19)17-24(28)26(16-21-8-5-13-31-21)20-9-10-22-23(14-20)30-12-11-29-22/h2-10,13-14,18,27H,11-12,15-17H2,1H3. The van der Waals surface area contributed by atoms with Gasteiger partial charge in [-0.15, -0.1) is 11.3 Å². The summed E-state index contributed by atoms with van der Waals surface area (Å²) in [5.74, 6) is 1.28. The zero-order valence-corrected chi connectivity index (χ0v) is 18.3. The minimum Gasteiger partial charge on any atom is -0.486 e. The lowest BCUT2D eigenvalue weighted by Crippen LogP contribution is -2.42. The number of aliphatic hydroxyl groups is 1. The molecule has 31 heavy (non-hydrogen) atoms. The van der Waals surface area contributed by atoms with E-state index in [4.69, 9.17) is 9.47 Å². The van der Waals surface area contributed by atoms with Gasteiger partial charge in [-0.3, -0.25) is 4.79 Å². The van der Waals surface area contributed by atoms with Crippen molar-refractivity contribution >= 4 is 28.6 Å². The van der Waals surface area contributed by atoms with Gasteiger partial charge in [0, 0.05) is 28.9 Å². The van der Waals surface area contributed by atoms with Crippen LogP contribution in [0.25, 0.3) is 0 Å². The Kier molecular flexibility index (Phi) is 6.74. The summed E-state index contributed by atoms with van der Waals surface area (Å²) in [5, 5.41) is 12.0. The maximum absolute atomic E-state index is 13.5. The lowest BCUT2D eigenvalue weighted by atomic mass is 10.2. The maximum Gasteiger partial charge on any atom is 0.246 e. The van der Waals surface area contributed by atoms with E-state index in [-0.39, 0.29) is 12.5 Å². The molecule has 0 fully saturated rings. The van der Waals surface area contributed by atoms with Crippen LogP contribution in [0.1, 0.15) is 11.8 Å². The Morgan fingerprint density at radius 1 is 1.03 bits per heavy atom. The van der Waals surface area contributed by atoms with E-state index in [0.29, 0.717) is 37.8 Å². The van der Waals surface area contributed by atoms with Gasteiger partial charge >= 0.3 is 0 Å². The van der Waals surface area contributed by atoms with Crippen LogP contribution in [-0.4, -0.2) is 43.4 Å². The van der Waals surface area contributed by atoms with Gasteiger partial charge in [0.05, 0.1) is 19.2 Å². The van der Waals surface area contributed by atoms with Crippen molar-refractivity contribution in [1.82, 2.24) is 0 Å². The van der Waals surface area contributed by atoms with Crippen LogP contribution in [0, 0.1) is 0 Å². The van der Waals surface area contributed by atoms with E-state index in [1.54, 1.807) is 23.2 Å². The molecule has 0 saturated heterocycles. The molecule has 162 valence electrons. The van der Waals surface area contributed by atoms with Gasteiger partial charge in [-0.1, -0.05) is 24.3 Å². The van der Waals surface area contributed by atoms with Gasteiger partial charge in [0.15, 0.2) is 11.5 Å². The predicted molar refractivity (Wildman–Crippen MR) is 123 cm³/mol. The number of carbonyl (C=O) groups excluding carboxylic acids is 1. The summed E-state index contributed by atoms with van der Waals surface area (Å²) in [6, 6.07) is 19.3. The topological polar surface area (TPSA) is 62.2 Å². The van der Waals surface area contributed by atoms with E-state index in [1.807, 2.05) is 70.9 Å². The molecule has 0 radical (unpaired) electrons. The molecule has 1 aromatic heterocycles. The fraction of sp³-hybridized carbons (Fsp3) is 0.292. The Balaban J connectivity index is 1.61. The number of para-hydroxylation sites is 1. The molecular weight excluding hydrogens is 412 g/mol. The second kappa shape index (κ2) is 9.85. The van der Waals surface area contributed by atoms with Gasteiger partial charge in [-0.2, -0.15) is 0 Å². The average molecular weight is 439 g/mol. The molecule has 0 saturated carbocycles. The smallest absolute Gasteiger partial charge is 0.246 e. The largest absolute Gasteiger partial charge is 0.486 e. The number of benzene rings is 2. The van der Waals surface area contributed by atoms with E-state index in [0.717, 1.165) is 16.3 Å². The quantitative estimate of drug-likeness (QED) is 0.577. The Labute approximate surface area is 186 Å². The number of rotatable bonds is 8. The summed E-state index contributed by atoms with van der Waals surface area (Å²) in [5.41, 5.74) is 1.66. The SMILES string of the molecule is CC(O)CN(CC(=O)N(Cc1cccs1)c1ccc2c(c1)OCCO2)c1ccccc1. The minimum absolute atomic E-state index is 0.0606. The molecule has 2 heterocycles. The third-order valence-electron chi connectivity index (χ3n) is 4.96. The number of nitrogens with zero attached hydrogens (tertiary/aromatic N) is 2. The fourth-order valence-corrected chi connectivity index (χ4v) is 4.24. The van der Waals surface area contributed by atoms with Gasteiger partial charge in [0.25, 0.3) is 0 Å². The molecule has 7 heteroatoms. The number of ether oxygens (including phenoxy) is 2. The molecule has 0 bridgehead atoms. The lowest BCUT2D eigenvalue weighted by molar-refractivity contribution is -0.117. The van der Waals surface area contributed by atoms with E-state index in [1.165, 1.54) is 0 Å². The van der Waals surface area contributed by atoms with Crippen LogP contribution in [0.2, 0.25) is 0 Å². The second-order valence-corrected chi connectivity index (χ2v) is 8.48. The highest BCUT2D eigenvalue weighted by Gasteiger charge is 2.23. The molecule has 1 atom stereocenters. The molecule has 1 amide bonds. The van der Waals surface area contributed by atoms with Crippen molar-refractivity contribution in [1.29, 1.82) is 0 Å². The maximum atomic E-state index is 13.5. The minimum atomic E-state index is -0.562. The van der Waals surface area contributed by atoms with Gasteiger partial charge in [-0.25, -0.2) is 0 Å². The summed E-state index contributed by atoms with van der Waals surface area (Å²) in [6.45, 7) is 3.72. The van der Waals surface area contributed by atoms with E-state index in [2.05, 4.69) is 0 Å². The highest BCUT2D eigenvalue weighted by molar-refractivity contribution is 7.09. The summed E-state index contributed by atoms with van der Waals surface area (Å²) in [7, 11) is 0. The Bertz CT molecular complexity index is 992. The number of amides is 1. The zero-order valence-electron chi connectivity index (χ0n) is 17.4. The van der Waals surface area contributed by atoms with Crippen molar-refractivity contribution in [3.63, 3.8) is 0 Å². The number of hydrogen-bond donors (Lipinski definition) is 1. The molecule has 2 aromatic carbocycles. The summed E-state index contributed by atoms with van der Waals surface area (Å²) in [4.78, 5) is 18.3. The average Bonchev–Trinajstić information content (AvgIpc) is 3.30. The number of thiophene rings is 1. The van der Waals surface area contributed by atoms with Gasteiger partial charge in [0.2, 0.25) is 5.91 Å². The summed E-state index contributed by atoms with van der Waals surface area (Å²) >= 11 is 1.61. The van der Waals surface area contributed by atoms with Crippen LogP contribution < -0.4 is 19.3 Å². The molecule has 1 aliphatic rings. The fourth-order valence-electron chi connectivity index (χ4n) is 3.55. The van der Waals surface area contributed by atoms with Crippen molar-refractivity contribution < 1.29 is 19.4 Å². The molecule has 0 aliphatic carbocycles. The van der Waals surface area contributed by atoms with E-state index < -0.39 is 6.10 Å². The lowest BCUT2D eigenvalue weighted by Gasteiger charge is -2.30. The predicted octanol–water partition coefficient (Wildman–Crippen LogP) is 3.94. The number of aliphatic hydroxyl groups excluding tert-OH is 1. The number of hydrogen-bond acceptors (Lipinski definition) is 6. The van der Waals surface area contributed by atoms with Crippen LogP contribution in [0.4, 0.5) is 11.4 Å². The Morgan fingerprint density at radius 2 is 1.81 bits per heavy atom. The van der Waals surface area contributed by atoms with Crippen molar-refractivity contribution in [3.8, 4) is 11.5 Å². The molecular formula is C24H26N2O4S. The van der Waals surface area contributed by atoms with Crippen LogP contribution in [-0.2, 0) is 11.3 Å². The van der Waals surface area contributed by atoms with E-state index >= 15 is 0 Å². The third kappa shape index (κ3) is 5.37. The van der Waals surface area contributed by atoms with Gasteiger partial charge in [-0.05, 0) is 42.6 Å². The highest BCUT2D eigenvalue weighted by atomic mass is 32.1. The van der Waals surface area contributed by atoms with Crippen molar-refractivity contribution in [3.05, 3.63) is 70.9 Å². The first-order valence-electron chi connectivity index (χ1n) is 10.3. The van der Waals surface area contributed by atoms with Crippen molar-refractivity contribution in [2.45, 2.75) is 19.6 Å². The molecule has 4 rings (SSSR count). The summed E-state index contributed by atoms with van der Waals surface area (Å²) in [6.07, 6.45) is -0.562. The highest BCUT2D eigenvalue weighted by Crippen LogP contribution is 2.35. The molecule has 0 spiro atoms. The Hall–Kier alpha value is -3.03. The number of anilines is 2. The molecule has 1 N–H and O–H groups in total. The number of carbonyl (C=O) groups is 1. The van der Waals surface area contributed by atoms with Gasteiger partial charge in [0.1, 0.15) is 13.2 Å². The van der Waals surface area contributed by atoms with Crippen molar-refractivity contribution in [2.24, 2.45) is 0 Å². The first kappa shape index (κ1) is 21.2. The molecule has 1 aliphatic heterocycles.